The van der Waals surface area contributed by atoms with Crippen molar-refractivity contribution in [3.8, 4) is 11.4 Å². The van der Waals surface area contributed by atoms with Gasteiger partial charge < -0.3 is 15.2 Å². The SMILES string of the molecule is Cc1nc(-c2cccnc2)[nH]c(=O)c1CCC(=O)N1CCNC[C@H]1C. The van der Waals surface area contributed by atoms with Gasteiger partial charge in [0.15, 0.2) is 0 Å². The Morgan fingerprint density at radius 1 is 1.44 bits per heavy atom. The maximum Gasteiger partial charge on any atom is 0.254 e. The summed E-state index contributed by atoms with van der Waals surface area (Å²) in [6, 6.07) is 3.83. The second-order valence-electron chi connectivity index (χ2n) is 6.36. The molecule has 2 N–H and O–H groups in total. The van der Waals surface area contributed by atoms with Crippen LogP contribution in [0.3, 0.4) is 0 Å². The number of nitrogens with zero attached hydrogens (tertiary/aromatic N) is 3. The molecule has 1 amide bonds. The molecule has 7 nitrogen and oxygen atoms in total. The van der Waals surface area contributed by atoms with Gasteiger partial charge in [-0.2, -0.15) is 0 Å². The zero-order chi connectivity index (χ0) is 17.8. The summed E-state index contributed by atoms with van der Waals surface area (Å²) in [5.41, 5.74) is 1.81. The normalized spacial score (nSPS) is 17.5. The Balaban J connectivity index is 1.73. The van der Waals surface area contributed by atoms with Crippen molar-refractivity contribution >= 4 is 5.91 Å². The maximum atomic E-state index is 12.5. The third-order valence-corrected chi connectivity index (χ3v) is 4.57. The first-order valence-electron chi connectivity index (χ1n) is 8.56. The summed E-state index contributed by atoms with van der Waals surface area (Å²) in [5.74, 6) is 0.588. The molecule has 3 heterocycles. The van der Waals surface area contributed by atoms with Crippen molar-refractivity contribution in [2.24, 2.45) is 0 Å². The lowest BCUT2D eigenvalue weighted by Crippen LogP contribution is -2.52. The van der Waals surface area contributed by atoms with E-state index < -0.39 is 0 Å². The number of piperazine rings is 1. The molecule has 0 bridgehead atoms. The molecular weight excluding hydrogens is 318 g/mol. The minimum Gasteiger partial charge on any atom is -0.337 e. The number of hydrogen-bond acceptors (Lipinski definition) is 5. The van der Waals surface area contributed by atoms with Crippen LogP contribution in [0.5, 0.6) is 0 Å². The van der Waals surface area contributed by atoms with Gasteiger partial charge in [-0.05, 0) is 32.4 Å². The van der Waals surface area contributed by atoms with Crippen molar-refractivity contribution in [2.45, 2.75) is 32.7 Å². The van der Waals surface area contributed by atoms with E-state index in [2.05, 4.69) is 20.3 Å². The first-order chi connectivity index (χ1) is 12.1. The van der Waals surface area contributed by atoms with E-state index in [9.17, 15) is 9.59 Å². The van der Waals surface area contributed by atoms with Crippen LogP contribution in [0.25, 0.3) is 11.4 Å². The molecule has 3 rings (SSSR count). The Morgan fingerprint density at radius 2 is 2.28 bits per heavy atom. The average molecular weight is 341 g/mol. The fourth-order valence-corrected chi connectivity index (χ4v) is 3.13. The van der Waals surface area contributed by atoms with E-state index in [1.54, 1.807) is 18.5 Å². The van der Waals surface area contributed by atoms with Gasteiger partial charge in [-0.3, -0.25) is 14.6 Å². The third-order valence-electron chi connectivity index (χ3n) is 4.57. The largest absolute Gasteiger partial charge is 0.337 e. The summed E-state index contributed by atoms with van der Waals surface area (Å²) in [5, 5.41) is 3.27. The Hall–Kier alpha value is -2.54. The fraction of sp³-hybridized carbons (Fsp3) is 0.444. The van der Waals surface area contributed by atoms with Crippen molar-refractivity contribution in [1.82, 2.24) is 25.2 Å². The molecule has 132 valence electrons. The summed E-state index contributed by atoms with van der Waals surface area (Å²) >= 11 is 0. The number of aryl methyl sites for hydroxylation is 1. The number of hydrogen-bond donors (Lipinski definition) is 2. The van der Waals surface area contributed by atoms with Gasteiger partial charge in [0.2, 0.25) is 5.91 Å². The number of rotatable bonds is 4. The first kappa shape index (κ1) is 17.3. The van der Waals surface area contributed by atoms with Crippen LogP contribution in [0, 0.1) is 6.92 Å². The van der Waals surface area contributed by atoms with E-state index in [4.69, 9.17) is 0 Å². The topological polar surface area (TPSA) is 91.0 Å². The van der Waals surface area contributed by atoms with Crippen LogP contribution in [-0.4, -0.2) is 51.4 Å². The van der Waals surface area contributed by atoms with Crippen LogP contribution in [0.15, 0.2) is 29.3 Å². The zero-order valence-electron chi connectivity index (χ0n) is 14.6. The lowest BCUT2D eigenvalue weighted by atomic mass is 10.1. The van der Waals surface area contributed by atoms with Crippen molar-refractivity contribution in [3.63, 3.8) is 0 Å². The van der Waals surface area contributed by atoms with E-state index in [0.717, 1.165) is 18.7 Å². The van der Waals surface area contributed by atoms with Gasteiger partial charge in [0, 0.05) is 61.3 Å². The Bertz CT molecular complexity index is 803. The van der Waals surface area contributed by atoms with Gasteiger partial charge >= 0.3 is 0 Å². The molecule has 0 unspecified atom stereocenters. The molecule has 0 saturated carbocycles. The molecule has 2 aromatic rings. The summed E-state index contributed by atoms with van der Waals surface area (Å²) in [6.07, 6.45) is 4.05. The number of H-pyrrole nitrogens is 1. The average Bonchev–Trinajstić information content (AvgIpc) is 2.62. The van der Waals surface area contributed by atoms with Crippen molar-refractivity contribution in [1.29, 1.82) is 0 Å². The number of carbonyl (C=O) groups excluding carboxylic acids is 1. The molecule has 0 aromatic carbocycles. The number of amides is 1. The molecule has 25 heavy (non-hydrogen) atoms. The standard InChI is InChI=1S/C18H23N5O2/c1-12-10-20-8-9-23(12)16(24)6-5-15-13(2)21-17(22-18(15)25)14-4-3-7-19-11-14/h3-4,7,11-12,20H,5-6,8-10H2,1-2H3,(H,21,22,25)/t12-/m1/s1. The smallest absolute Gasteiger partial charge is 0.254 e. The second kappa shape index (κ2) is 7.57. The molecule has 0 aliphatic carbocycles. The number of aromatic nitrogens is 3. The van der Waals surface area contributed by atoms with E-state index in [1.165, 1.54) is 0 Å². The highest BCUT2D eigenvalue weighted by molar-refractivity contribution is 5.77. The summed E-state index contributed by atoms with van der Waals surface area (Å²) < 4.78 is 0. The van der Waals surface area contributed by atoms with Crippen molar-refractivity contribution < 1.29 is 4.79 Å². The van der Waals surface area contributed by atoms with Crippen LogP contribution in [0.2, 0.25) is 0 Å². The van der Waals surface area contributed by atoms with Crippen LogP contribution in [0.1, 0.15) is 24.6 Å². The lowest BCUT2D eigenvalue weighted by molar-refractivity contribution is -0.133. The number of carbonyl (C=O) groups is 1. The predicted octanol–water partition coefficient (Wildman–Crippen LogP) is 0.893. The molecule has 1 saturated heterocycles. The predicted molar refractivity (Wildman–Crippen MR) is 95.2 cm³/mol. The minimum absolute atomic E-state index is 0.0872. The molecule has 7 heteroatoms. The van der Waals surface area contributed by atoms with E-state index in [0.29, 0.717) is 36.5 Å². The molecule has 2 aromatic heterocycles. The molecule has 1 fully saturated rings. The molecule has 1 aliphatic heterocycles. The van der Waals surface area contributed by atoms with E-state index >= 15 is 0 Å². The highest BCUT2D eigenvalue weighted by atomic mass is 16.2. The van der Waals surface area contributed by atoms with Crippen LogP contribution >= 0.6 is 0 Å². The van der Waals surface area contributed by atoms with Crippen molar-refractivity contribution in [3.05, 3.63) is 46.1 Å². The van der Waals surface area contributed by atoms with Gasteiger partial charge in [-0.25, -0.2) is 4.98 Å². The van der Waals surface area contributed by atoms with Crippen LogP contribution in [0.4, 0.5) is 0 Å². The monoisotopic (exact) mass is 341 g/mol. The van der Waals surface area contributed by atoms with Crippen LogP contribution in [-0.2, 0) is 11.2 Å². The van der Waals surface area contributed by atoms with Gasteiger partial charge in [0.05, 0.1) is 0 Å². The highest BCUT2D eigenvalue weighted by Crippen LogP contribution is 2.14. The number of pyridine rings is 1. The highest BCUT2D eigenvalue weighted by Gasteiger charge is 2.23. The quantitative estimate of drug-likeness (QED) is 0.862. The Kier molecular flexibility index (Phi) is 5.23. The number of aromatic amines is 1. The van der Waals surface area contributed by atoms with Crippen molar-refractivity contribution in [2.75, 3.05) is 19.6 Å². The van der Waals surface area contributed by atoms with E-state index in [-0.39, 0.29) is 17.5 Å². The van der Waals surface area contributed by atoms with Gasteiger partial charge in [0.25, 0.3) is 5.56 Å². The summed E-state index contributed by atoms with van der Waals surface area (Å²) in [7, 11) is 0. The fourth-order valence-electron chi connectivity index (χ4n) is 3.13. The Labute approximate surface area is 146 Å². The minimum atomic E-state index is -0.187. The molecule has 0 radical (unpaired) electrons. The Morgan fingerprint density at radius 3 is 2.96 bits per heavy atom. The first-order valence-corrected chi connectivity index (χ1v) is 8.56. The molecular formula is C18H23N5O2. The molecule has 1 atom stereocenters. The van der Waals surface area contributed by atoms with Gasteiger partial charge in [0.1, 0.15) is 5.82 Å². The third kappa shape index (κ3) is 3.93. The lowest BCUT2D eigenvalue weighted by Gasteiger charge is -2.34. The maximum absolute atomic E-state index is 12.5. The molecule has 1 aliphatic rings. The summed E-state index contributed by atoms with van der Waals surface area (Å²) in [6.45, 7) is 6.19. The van der Waals surface area contributed by atoms with Gasteiger partial charge in [-0.15, -0.1) is 0 Å². The zero-order valence-corrected chi connectivity index (χ0v) is 14.6. The summed E-state index contributed by atoms with van der Waals surface area (Å²) in [4.78, 5) is 38.1. The second-order valence-corrected chi connectivity index (χ2v) is 6.36. The van der Waals surface area contributed by atoms with Crippen LogP contribution < -0.4 is 10.9 Å². The number of nitrogens with one attached hydrogen (secondary N) is 2. The molecule has 0 spiro atoms. The van der Waals surface area contributed by atoms with Gasteiger partial charge in [-0.1, -0.05) is 0 Å². The van der Waals surface area contributed by atoms with E-state index in [1.807, 2.05) is 24.8 Å².